The Morgan fingerprint density at radius 1 is 0.765 bits per heavy atom. The normalized spacial score (nSPS) is 12.9. The molecule has 2 heteroatoms. The van der Waals surface area contributed by atoms with Gasteiger partial charge in [0.25, 0.3) is 0 Å². The number of rotatable bonds is 13. The highest BCUT2D eigenvalue weighted by molar-refractivity contribution is 4.62. The maximum absolute atomic E-state index is 3.57. The van der Waals surface area contributed by atoms with Crippen LogP contribution in [-0.4, -0.2) is 19.8 Å². The second kappa shape index (κ2) is 14.0. The Hall–Kier alpha value is -0.0800. The van der Waals surface area contributed by atoms with Crippen molar-refractivity contribution in [3.63, 3.8) is 0 Å². The molecule has 0 fully saturated rings. The quantitative estimate of drug-likeness (QED) is 0.376. The fourth-order valence-corrected chi connectivity index (χ4v) is 2.11. The SMILES string of the molecule is CCCCCCCCCC(NC)NCCCC. The predicted octanol–water partition coefficient (Wildman–Crippen LogP) is 4.06. The molecule has 0 saturated carbocycles. The molecule has 0 bridgehead atoms. The molecule has 0 amide bonds. The highest BCUT2D eigenvalue weighted by Gasteiger charge is 2.03. The average molecular weight is 242 g/mol. The van der Waals surface area contributed by atoms with Crippen LogP contribution >= 0.6 is 0 Å². The summed E-state index contributed by atoms with van der Waals surface area (Å²) in [5, 5.41) is 6.93. The van der Waals surface area contributed by atoms with E-state index in [1.807, 2.05) is 0 Å². The van der Waals surface area contributed by atoms with Crippen LogP contribution in [0.5, 0.6) is 0 Å². The highest BCUT2D eigenvalue weighted by Crippen LogP contribution is 2.09. The number of hydrogen-bond donors (Lipinski definition) is 2. The zero-order valence-corrected chi connectivity index (χ0v) is 12.4. The summed E-state index contributed by atoms with van der Waals surface area (Å²) in [5.41, 5.74) is 0. The molecule has 0 saturated heterocycles. The van der Waals surface area contributed by atoms with Crippen molar-refractivity contribution in [2.75, 3.05) is 13.6 Å². The maximum atomic E-state index is 3.57. The summed E-state index contributed by atoms with van der Waals surface area (Å²) in [4.78, 5) is 0. The van der Waals surface area contributed by atoms with Gasteiger partial charge in [-0.3, -0.25) is 0 Å². The van der Waals surface area contributed by atoms with Gasteiger partial charge >= 0.3 is 0 Å². The minimum absolute atomic E-state index is 0.525. The smallest absolute Gasteiger partial charge is 0.0569 e. The molecule has 0 heterocycles. The van der Waals surface area contributed by atoms with Gasteiger partial charge in [0, 0.05) is 0 Å². The van der Waals surface area contributed by atoms with E-state index in [9.17, 15) is 0 Å². The van der Waals surface area contributed by atoms with Gasteiger partial charge in [-0.15, -0.1) is 0 Å². The topological polar surface area (TPSA) is 24.1 Å². The van der Waals surface area contributed by atoms with Crippen molar-refractivity contribution in [3.8, 4) is 0 Å². The van der Waals surface area contributed by atoms with Gasteiger partial charge in [0.1, 0.15) is 0 Å². The van der Waals surface area contributed by atoms with Gasteiger partial charge in [0.2, 0.25) is 0 Å². The molecule has 0 aromatic heterocycles. The van der Waals surface area contributed by atoms with E-state index in [4.69, 9.17) is 0 Å². The first-order valence-corrected chi connectivity index (χ1v) is 7.75. The van der Waals surface area contributed by atoms with Crippen molar-refractivity contribution in [2.45, 2.75) is 84.2 Å². The summed E-state index contributed by atoms with van der Waals surface area (Å²) in [6, 6.07) is 0. The third-order valence-corrected chi connectivity index (χ3v) is 3.37. The third kappa shape index (κ3) is 12.2. The third-order valence-electron chi connectivity index (χ3n) is 3.37. The molecule has 0 spiro atoms. The summed E-state index contributed by atoms with van der Waals surface area (Å²) in [6.45, 7) is 5.67. The van der Waals surface area contributed by atoms with Gasteiger partial charge in [-0.2, -0.15) is 0 Å². The fourth-order valence-electron chi connectivity index (χ4n) is 2.11. The minimum atomic E-state index is 0.525. The molecular weight excluding hydrogens is 208 g/mol. The molecule has 0 radical (unpaired) electrons. The van der Waals surface area contributed by atoms with E-state index in [1.54, 1.807) is 0 Å². The minimum Gasteiger partial charge on any atom is -0.305 e. The first-order valence-electron chi connectivity index (χ1n) is 7.75. The van der Waals surface area contributed by atoms with Crippen LogP contribution < -0.4 is 10.6 Å². The molecule has 2 nitrogen and oxygen atoms in total. The van der Waals surface area contributed by atoms with Crippen molar-refractivity contribution in [2.24, 2.45) is 0 Å². The lowest BCUT2D eigenvalue weighted by atomic mass is 10.1. The van der Waals surface area contributed by atoms with Gasteiger partial charge in [0.05, 0.1) is 6.17 Å². The van der Waals surface area contributed by atoms with E-state index in [2.05, 4.69) is 31.5 Å². The van der Waals surface area contributed by atoms with Gasteiger partial charge < -0.3 is 10.6 Å². The first-order chi connectivity index (χ1) is 8.35. The zero-order chi connectivity index (χ0) is 12.8. The maximum Gasteiger partial charge on any atom is 0.0569 e. The fraction of sp³-hybridized carbons (Fsp3) is 1.00. The van der Waals surface area contributed by atoms with E-state index in [1.165, 1.54) is 64.2 Å². The van der Waals surface area contributed by atoms with Crippen molar-refractivity contribution < 1.29 is 0 Å². The summed E-state index contributed by atoms with van der Waals surface area (Å²) >= 11 is 0. The molecule has 17 heavy (non-hydrogen) atoms. The zero-order valence-electron chi connectivity index (χ0n) is 12.4. The van der Waals surface area contributed by atoms with E-state index >= 15 is 0 Å². The molecule has 104 valence electrons. The lowest BCUT2D eigenvalue weighted by Gasteiger charge is -2.17. The monoisotopic (exact) mass is 242 g/mol. The van der Waals surface area contributed by atoms with Crippen LogP contribution in [0.4, 0.5) is 0 Å². The molecular formula is C15H34N2. The molecule has 2 N–H and O–H groups in total. The highest BCUT2D eigenvalue weighted by atomic mass is 15.1. The number of hydrogen-bond acceptors (Lipinski definition) is 2. The molecule has 0 aromatic carbocycles. The van der Waals surface area contributed by atoms with Crippen LogP contribution in [0, 0.1) is 0 Å². The van der Waals surface area contributed by atoms with Gasteiger partial charge in [-0.05, 0) is 26.4 Å². The van der Waals surface area contributed by atoms with Gasteiger partial charge in [-0.25, -0.2) is 0 Å². The summed E-state index contributed by atoms with van der Waals surface area (Å²) < 4.78 is 0. The Kier molecular flexibility index (Phi) is 13.9. The Morgan fingerprint density at radius 3 is 1.94 bits per heavy atom. The van der Waals surface area contributed by atoms with Crippen molar-refractivity contribution in [1.82, 2.24) is 10.6 Å². The second-order valence-corrected chi connectivity index (χ2v) is 5.06. The van der Waals surface area contributed by atoms with E-state index in [0.717, 1.165) is 6.54 Å². The molecule has 0 aromatic rings. The average Bonchev–Trinajstić information content (AvgIpc) is 2.35. The summed E-state index contributed by atoms with van der Waals surface area (Å²) in [5.74, 6) is 0. The van der Waals surface area contributed by atoms with Gasteiger partial charge in [-0.1, -0.05) is 65.2 Å². The lowest BCUT2D eigenvalue weighted by Crippen LogP contribution is -2.40. The molecule has 0 rings (SSSR count). The van der Waals surface area contributed by atoms with Gasteiger partial charge in [0.15, 0.2) is 0 Å². The first kappa shape index (κ1) is 16.9. The van der Waals surface area contributed by atoms with Crippen LogP contribution in [0.2, 0.25) is 0 Å². The van der Waals surface area contributed by atoms with Crippen LogP contribution in [0.25, 0.3) is 0 Å². The van der Waals surface area contributed by atoms with Crippen molar-refractivity contribution in [3.05, 3.63) is 0 Å². The van der Waals surface area contributed by atoms with Crippen LogP contribution in [0.1, 0.15) is 78.1 Å². The van der Waals surface area contributed by atoms with Crippen molar-refractivity contribution in [1.29, 1.82) is 0 Å². The van der Waals surface area contributed by atoms with Crippen LogP contribution in [-0.2, 0) is 0 Å². The standard InChI is InChI=1S/C15H34N2/c1-4-6-8-9-10-11-12-13-15(16-3)17-14-7-5-2/h15-17H,4-14H2,1-3H3. The molecule has 0 aliphatic rings. The van der Waals surface area contributed by atoms with Crippen LogP contribution in [0.15, 0.2) is 0 Å². The number of unbranched alkanes of at least 4 members (excludes halogenated alkanes) is 7. The predicted molar refractivity (Wildman–Crippen MR) is 78.4 cm³/mol. The molecule has 1 unspecified atom stereocenters. The summed E-state index contributed by atoms with van der Waals surface area (Å²) in [6.07, 6.45) is 14.2. The molecule has 1 atom stereocenters. The second-order valence-electron chi connectivity index (χ2n) is 5.06. The lowest BCUT2D eigenvalue weighted by molar-refractivity contribution is 0.405. The Morgan fingerprint density at radius 2 is 1.35 bits per heavy atom. The largest absolute Gasteiger partial charge is 0.305 e. The Labute approximate surface area is 109 Å². The summed E-state index contributed by atoms with van der Waals surface area (Å²) in [7, 11) is 2.06. The van der Waals surface area contributed by atoms with Crippen molar-refractivity contribution >= 4 is 0 Å². The Balaban J connectivity index is 3.25. The Bertz CT molecular complexity index is 137. The molecule has 0 aliphatic heterocycles. The molecule has 0 aliphatic carbocycles. The number of nitrogens with one attached hydrogen (secondary N) is 2. The van der Waals surface area contributed by atoms with E-state index in [0.29, 0.717) is 6.17 Å². The van der Waals surface area contributed by atoms with Crippen LogP contribution in [0.3, 0.4) is 0 Å². The van der Waals surface area contributed by atoms with E-state index in [-0.39, 0.29) is 0 Å². The van der Waals surface area contributed by atoms with E-state index < -0.39 is 0 Å².